The lowest BCUT2D eigenvalue weighted by Gasteiger charge is -2.22. The van der Waals surface area contributed by atoms with E-state index in [1.54, 1.807) is 0 Å². The van der Waals surface area contributed by atoms with Gasteiger partial charge in [0.15, 0.2) is 0 Å². The lowest BCUT2D eigenvalue weighted by molar-refractivity contribution is 0.237. The molecule has 0 amide bonds. The molecular formula is C15H26N2O. The van der Waals surface area contributed by atoms with Crippen molar-refractivity contribution in [1.82, 2.24) is 10.2 Å². The van der Waals surface area contributed by atoms with Crippen molar-refractivity contribution in [2.45, 2.75) is 65.2 Å². The van der Waals surface area contributed by atoms with Crippen molar-refractivity contribution in [3.63, 3.8) is 0 Å². The lowest BCUT2D eigenvalue weighted by atomic mass is 10.1. The van der Waals surface area contributed by atoms with Gasteiger partial charge in [-0.15, -0.1) is 0 Å². The molecule has 1 aliphatic heterocycles. The number of hydrogen-bond donors (Lipinski definition) is 1. The summed E-state index contributed by atoms with van der Waals surface area (Å²) in [5.41, 5.74) is 1.44. The third-order valence-electron chi connectivity index (χ3n) is 3.68. The standard InChI is InChI=1S/C15H26N2O/c1-12-6-5-8-17(12)11-14-13(7-9-18-14)10-16-15(2,3)4/h7,9,12,16H,5-6,8,10-11H2,1-4H3. The van der Waals surface area contributed by atoms with E-state index in [1.807, 2.05) is 6.26 Å². The fourth-order valence-electron chi connectivity index (χ4n) is 2.44. The second kappa shape index (κ2) is 5.45. The Hall–Kier alpha value is -0.800. The van der Waals surface area contributed by atoms with Gasteiger partial charge in [0.1, 0.15) is 5.76 Å². The number of nitrogens with one attached hydrogen (secondary N) is 1. The van der Waals surface area contributed by atoms with Crippen molar-refractivity contribution < 1.29 is 4.42 Å². The molecule has 0 bridgehead atoms. The molecule has 1 aromatic heterocycles. The summed E-state index contributed by atoms with van der Waals surface area (Å²) in [6, 6.07) is 2.79. The average Bonchev–Trinajstić information content (AvgIpc) is 2.86. The van der Waals surface area contributed by atoms with E-state index in [2.05, 4.69) is 44.0 Å². The first-order valence-electron chi connectivity index (χ1n) is 7.00. The fraction of sp³-hybridized carbons (Fsp3) is 0.733. The number of likely N-dealkylation sites (tertiary alicyclic amines) is 1. The van der Waals surface area contributed by atoms with E-state index in [9.17, 15) is 0 Å². The zero-order valence-corrected chi connectivity index (χ0v) is 12.1. The lowest BCUT2D eigenvalue weighted by Crippen LogP contribution is -2.35. The smallest absolute Gasteiger partial charge is 0.122 e. The third kappa shape index (κ3) is 3.59. The zero-order valence-electron chi connectivity index (χ0n) is 12.1. The van der Waals surface area contributed by atoms with Gasteiger partial charge in [-0.1, -0.05) is 0 Å². The molecule has 2 heterocycles. The van der Waals surface area contributed by atoms with Crippen molar-refractivity contribution >= 4 is 0 Å². The summed E-state index contributed by atoms with van der Waals surface area (Å²) in [5.74, 6) is 1.13. The highest BCUT2D eigenvalue weighted by Gasteiger charge is 2.22. The second-order valence-corrected chi connectivity index (χ2v) is 6.43. The monoisotopic (exact) mass is 250 g/mol. The highest BCUT2D eigenvalue weighted by atomic mass is 16.3. The molecule has 3 nitrogen and oxygen atoms in total. The Morgan fingerprint density at radius 3 is 2.83 bits per heavy atom. The van der Waals surface area contributed by atoms with Gasteiger partial charge in [0.2, 0.25) is 0 Å². The van der Waals surface area contributed by atoms with Crippen molar-refractivity contribution in [2.24, 2.45) is 0 Å². The average molecular weight is 250 g/mol. The summed E-state index contributed by atoms with van der Waals surface area (Å²) in [6.07, 6.45) is 4.45. The molecule has 2 rings (SSSR count). The van der Waals surface area contributed by atoms with Crippen LogP contribution in [0.15, 0.2) is 16.7 Å². The summed E-state index contributed by atoms with van der Waals surface area (Å²) in [5, 5.41) is 3.52. The van der Waals surface area contributed by atoms with Crippen molar-refractivity contribution in [3.05, 3.63) is 23.7 Å². The molecule has 1 aromatic rings. The minimum atomic E-state index is 0.148. The summed E-state index contributed by atoms with van der Waals surface area (Å²) >= 11 is 0. The maximum atomic E-state index is 5.66. The van der Waals surface area contributed by atoms with Crippen molar-refractivity contribution in [3.8, 4) is 0 Å². The third-order valence-corrected chi connectivity index (χ3v) is 3.68. The Morgan fingerprint density at radius 1 is 1.44 bits per heavy atom. The van der Waals surface area contributed by atoms with Crippen LogP contribution in [0.4, 0.5) is 0 Å². The quantitative estimate of drug-likeness (QED) is 0.890. The molecule has 0 aromatic carbocycles. The van der Waals surface area contributed by atoms with Gasteiger partial charge in [-0.3, -0.25) is 4.90 Å². The molecule has 1 saturated heterocycles. The van der Waals surface area contributed by atoms with Crippen LogP contribution in [0.3, 0.4) is 0 Å². The molecule has 0 saturated carbocycles. The van der Waals surface area contributed by atoms with E-state index in [-0.39, 0.29) is 5.54 Å². The zero-order chi connectivity index (χ0) is 13.2. The number of nitrogens with zero attached hydrogens (tertiary/aromatic N) is 1. The van der Waals surface area contributed by atoms with Gasteiger partial charge in [-0.2, -0.15) is 0 Å². The second-order valence-electron chi connectivity index (χ2n) is 6.43. The van der Waals surface area contributed by atoms with E-state index >= 15 is 0 Å². The Kier molecular flexibility index (Phi) is 4.13. The first kappa shape index (κ1) is 13.6. The van der Waals surface area contributed by atoms with Gasteiger partial charge in [-0.25, -0.2) is 0 Å². The summed E-state index contributed by atoms with van der Waals surface area (Å²) in [6.45, 7) is 11.9. The van der Waals surface area contributed by atoms with Gasteiger partial charge in [0, 0.05) is 23.7 Å². The SMILES string of the molecule is CC1CCCN1Cc1occc1CNC(C)(C)C. The van der Waals surface area contributed by atoms with E-state index in [0.29, 0.717) is 6.04 Å². The first-order valence-corrected chi connectivity index (χ1v) is 7.00. The van der Waals surface area contributed by atoms with Crippen molar-refractivity contribution in [2.75, 3.05) is 6.54 Å². The summed E-state index contributed by atoms with van der Waals surface area (Å²) in [4.78, 5) is 2.51. The summed E-state index contributed by atoms with van der Waals surface area (Å²) < 4.78 is 5.66. The molecule has 1 N–H and O–H groups in total. The minimum Gasteiger partial charge on any atom is -0.468 e. The predicted octanol–water partition coefficient (Wildman–Crippen LogP) is 3.15. The van der Waals surface area contributed by atoms with Crippen LogP contribution in [0, 0.1) is 0 Å². The van der Waals surface area contributed by atoms with Gasteiger partial charge in [0.05, 0.1) is 12.8 Å². The van der Waals surface area contributed by atoms with Crippen LogP contribution in [0.25, 0.3) is 0 Å². The highest BCUT2D eigenvalue weighted by molar-refractivity contribution is 5.17. The highest BCUT2D eigenvalue weighted by Crippen LogP contribution is 2.22. The molecule has 1 aliphatic rings. The molecule has 1 atom stereocenters. The largest absolute Gasteiger partial charge is 0.468 e. The van der Waals surface area contributed by atoms with Crippen LogP contribution in [0.5, 0.6) is 0 Å². The molecule has 3 heteroatoms. The maximum absolute atomic E-state index is 5.66. The van der Waals surface area contributed by atoms with Crippen LogP contribution in [0.1, 0.15) is 51.9 Å². The predicted molar refractivity (Wildman–Crippen MR) is 74.4 cm³/mol. The molecule has 18 heavy (non-hydrogen) atoms. The van der Waals surface area contributed by atoms with E-state index in [0.717, 1.165) is 18.8 Å². The Labute approximate surface area is 111 Å². The van der Waals surface area contributed by atoms with Crippen LogP contribution in [-0.4, -0.2) is 23.0 Å². The Bertz CT molecular complexity index is 378. The maximum Gasteiger partial charge on any atom is 0.122 e. The van der Waals surface area contributed by atoms with Crippen LogP contribution < -0.4 is 5.32 Å². The van der Waals surface area contributed by atoms with Gasteiger partial charge in [-0.05, 0) is 53.1 Å². The number of rotatable bonds is 4. The van der Waals surface area contributed by atoms with Gasteiger partial charge < -0.3 is 9.73 Å². The molecular weight excluding hydrogens is 224 g/mol. The van der Waals surface area contributed by atoms with Crippen molar-refractivity contribution in [1.29, 1.82) is 0 Å². The van der Waals surface area contributed by atoms with E-state index in [1.165, 1.54) is 24.9 Å². The van der Waals surface area contributed by atoms with Crippen LogP contribution >= 0.6 is 0 Å². The first-order chi connectivity index (χ1) is 8.46. The molecule has 0 radical (unpaired) electrons. The topological polar surface area (TPSA) is 28.4 Å². The normalized spacial score (nSPS) is 21.7. The van der Waals surface area contributed by atoms with Crippen LogP contribution in [0.2, 0.25) is 0 Å². The number of furan rings is 1. The summed E-state index contributed by atoms with van der Waals surface area (Å²) in [7, 11) is 0. The molecule has 0 aliphatic carbocycles. The fourth-order valence-corrected chi connectivity index (χ4v) is 2.44. The van der Waals surface area contributed by atoms with Gasteiger partial charge >= 0.3 is 0 Å². The van der Waals surface area contributed by atoms with Crippen LogP contribution in [-0.2, 0) is 13.1 Å². The van der Waals surface area contributed by atoms with E-state index in [4.69, 9.17) is 4.42 Å². The van der Waals surface area contributed by atoms with E-state index < -0.39 is 0 Å². The minimum absolute atomic E-state index is 0.148. The Balaban J connectivity index is 1.95. The molecule has 102 valence electrons. The van der Waals surface area contributed by atoms with Gasteiger partial charge in [0.25, 0.3) is 0 Å². The Morgan fingerprint density at radius 2 is 2.22 bits per heavy atom. The molecule has 1 fully saturated rings. The molecule has 0 spiro atoms. The molecule has 1 unspecified atom stereocenters. The number of hydrogen-bond acceptors (Lipinski definition) is 3.